The molecular formula is C13H22N4. The Labute approximate surface area is 103 Å². The summed E-state index contributed by atoms with van der Waals surface area (Å²) in [7, 11) is 1.90. The number of anilines is 2. The first-order valence-corrected chi connectivity index (χ1v) is 6.56. The zero-order valence-electron chi connectivity index (χ0n) is 11.0. The molecule has 0 amide bonds. The van der Waals surface area contributed by atoms with Gasteiger partial charge in [-0.15, -0.1) is 0 Å². The van der Waals surface area contributed by atoms with Gasteiger partial charge in [-0.1, -0.05) is 13.3 Å². The molecule has 1 unspecified atom stereocenters. The molecule has 4 nitrogen and oxygen atoms in total. The Morgan fingerprint density at radius 2 is 2.06 bits per heavy atom. The van der Waals surface area contributed by atoms with Crippen LogP contribution < -0.4 is 10.6 Å². The smallest absolute Gasteiger partial charge is 0.136 e. The standard InChI is InChI=1S/C13H22N4/c1-4-5-9(2)15-12-8-11(14-3)16-13(17-12)10-6-7-10/h8-10H,4-7H2,1-3H3,(H2,14,15,16,17). The monoisotopic (exact) mass is 234 g/mol. The Morgan fingerprint density at radius 3 is 2.65 bits per heavy atom. The first-order valence-electron chi connectivity index (χ1n) is 6.56. The van der Waals surface area contributed by atoms with Crippen LogP contribution in [0, 0.1) is 0 Å². The second kappa shape index (κ2) is 5.34. The highest BCUT2D eigenvalue weighted by Gasteiger charge is 2.27. The van der Waals surface area contributed by atoms with Crippen LogP contribution in [0.1, 0.15) is 51.3 Å². The molecule has 2 N–H and O–H groups in total. The minimum absolute atomic E-state index is 0.464. The van der Waals surface area contributed by atoms with Crippen molar-refractivity contribution in [1.29, 1.82) is 0 Å². The van der Waals surface area contributed by atoms with Crippen LogP contribution in [0.15, 0.2) is 6.07 Å². The molecule has 1 heterocycles. The van der Waals surface area contributed by atoms with E-state index < -0.39 is 0 Å². The lowest BCUT2D eigenvalue weighted by molar-refractivity contribution is 0.686. The molecule has 2 rings (SSSR count). The third-order valence-electron chi connectivity index (χ3n) is 3.06. The van der Waals surface area contributed by atoms with Crippen LogP contribution in [-0.2, 0) is 0 Å². The van der Waals surface area contributed by atoms with Crippen molar-refractivity contribution in [3.63, 3.8) is 0 Å². The van der Waals surface area contributed by atoms with E-state index in [-0.39, 0.29) is 0 Å². The Balaban J connectivity index is 2.11. The van der Waals surface area contributed by atoms with Crippen LogP contribution in [-0.4, -0.2) is 23.1 Å². The maximum Gasteiger partial charge on any atom is 0.136 e. The summed E-state index contributed by atoms with van der Waals surface area (Å²) in [5, 5.41) is 6.55. The molecule has 1 aliphatic carbocycles. The summed E-state index contributed by atoms with van der Waals surface area (Å²) in [5.74, 6) is 3.44. The van der Waals surface area contributed by atoms with Crippen molar-refractivity contribution in [2.75, 3.05) is 17.7 Å². The third-order valence-corrected chi connectivity index (χ3v) is 3.06. The largest absolute Gasteiger partial charge is 0.373 e. The average Bonchev–Trinajstić information content (AvgIpc) is 3.12. The van der Waals surface area contributed by atoms with E-state index in [1.807, 2.05) is 13.1 Å². The van der Waals surface area contributed by atoms with Crippen molar-refractivity contribution in [2.24, 2.45) is 0 Å². The highest BCUT2D eigenvalue weighted by molar-refractivity contribution is 5.48. The highest BCUT2D eigenvalue weighted by Crippen LogP contribution is 2.38. The maximum atomic E-state index is 4.60. The molecule has 1 aromatic heterocycles. The van der Waals surface area contributed by atoms with Crippen molar-refractivity contribution in [3.05, 3.63) is 11.9 Å². The van der Waals surface area contributed by atoms with E-state index in [1.54, 1.807) is 0 Å². The third kappa shape index (κ3) is 3.32. The van der Waals surface area contributed by atoms with Gasteiger partial charge in [0.25, 0.3) is 0 Å². The lowest BCUT2D eigenvalue weighted by Gasteiger charge is -2.15. The molecule has 0 saturated heterocycles. The van der Waals surface area contributed by atoms with E-state index in [0.29, 0.717) is 12.0 Å². The highest BCUT2D eigenvalue weighted by atomic mass is 15.1. The molecule has 94 valence electrons. The average molecular weight is 234 g/mol. The fourth-order valence-electron chi connectivity index (χ4n) is 1.95. The van der Waals surface area contributed by atoms with Gasteiger partial charge in [-0.25, -0.2) is 9.97 Å². The summed E-state index contributed by atoms with van der Waals surface area (Å²) >= 11 is 0. The van der Waals surface area contributed by atoms with Gasteiger partial charge in [-0.3, -0.25) is 0 Å². The van der Waals surface area contributed by atoms with Gasteiger partial charge in [0.15, 0.2) is 0 Å². The van der Waals surface area contributed by atoms with Gasteiger partial charge in [0.1, 0.15) is 17.5 Å². The Hall–Kier alpha value is -1.32. The van der Waals surface area contributed by atoms with Crippen molar-refractivity contribution in [3.8, 4) is 0 Å². The fourth-order valence-corrected chi connectivity index (χ4v) is 1.95. The molecule has 0 aromatic carbocycles. The Bertz CT molecular complexity index is 374. The van der Waals surface area contributed by atoms with E-state index in [9.17, 15) is 0 Å². The molecule has 4 heteroatoms. The van der Waals surface area contributed by atoms with Gasteiger partial charge in [0, 0.05) is 25.1 Å². The van der Waals surface area contributed by atoms with E-state index in [2.05, 4.69) is 34.4 Å². The van der Waals surface area contributed by atoms with Gasteiger partial charge in [-0.05, 0) is 26.2 Å². The van der Waals surface area contributed by atoms with Gasteiger partial charge in [-0.2, -0.15) is 0 Å². The van der Waals surface area contributed by atoms with Crippen molar-refractivity contribution in [1.82, 2.24) is 9.97 Å². The molecule has 1 saturated carbocycles. The van der Waals surface area contributed by atoms with E-state index in [0.717, 1.165) is 23.9 Å². The van der Waals surface area contributed by atoms with Gasteiger partial charge >= 0.3 is 0 Å². The van der Waals surface area contributed by atoms with Crippen molar-refractivity contribution >= 4 is 11.6 Å². The number of hydrogen-bond acceptors (Lipinski definition) is 4. The van der Waals surface area contributed by atoms with E-state index in [1.165, 1.54) is 19.3 Å². The van der Waals surface area contributed by atoms with Gasteiger partial charge in [0.05, 0.1) is 0 Å². The van der Waals surface area contributed by atoms with Gasteiger partial charge < -0.3 is 10.6 Å². The Kier molecular flexibility index (Phi) is 3.82. The molecule has 0 bridgehead atoms. The normalized spacial score (nSPS) is 16.6. The van der Waals surface area contributed by atoms with Crippen LogP contribution in [0.3, 0.4) is 0 Å². The zero-order valence-corrected chi connectivity index (χ0v) is 11.0. The number of nitrogens with one attached hydrogen (secondary N) is 2. The first-order chi connectivity index (χ1) is 8.22. The first kappa shape index (κ1) is 12.1. The number of nitrogens with zero attached hydrogens (tertiary/aromatic N) is 2. The molecule has 1 fully saturated rings. The van der Waals surface area contributed by atoms with Crippen molar-refractivity contribution in [2.45, 2.75) is 51.5 Å². The second-order valence-corrected chi connectivity index (χ2v) is 4.85. The predicted molar refractivity (Wildman–Crippen MR) is 71.5 cm³/mol. The molecule has 1 aliphatic rings. The summed E-state index contributed by atoms with van der Waals surface area (Å²) in [5.41, 5.74) is 0. The maximum absolute atomic E-state index is 4.60. The molecule has 17 heavy (non-hydrogen) atoms. The molecule has 1 atom stereocenters. The minimum atomic E-state index is 0.464. The topological polar surface area (TPSA) is 49.8 Å². The SMILES string of the molecule is CCCC(C)Nc1cc(NC)nc(C2CC2)n1. The van der Waals surface area contributed by atoms with Crippen LogP contribution in [0.4, 0.5) is 11.6 Å². The van der Waals surface area contributed by atoms with Crippen LogP contribution in [0.5, 0.6) is 0 Å². The number of rotatable bonds is 6. The lowest BCUT2D eigenvalue weighted by Crippen LogP contribution is -2.16. The van der Waals surface area contributed by atoms with Crippen LogP contribution >= 0.6 is 0 Å². The lowest BCUT2D eigenvalue weighted by atomic mass is 10.2. The second-order valence-electron chi connectivity index (χ2n) is 4.85. The summed E-state index contributed by atoms with van der Waals surface area (Å²) < 4.78 is 0. The molecular weight excluding hydrogens is 212 g/mol. The van der Waals surface area contributed by atoms with E-state index >= 15 is 0 Å². The quantitative estimate of drug-likeness (QED) is 0.794. The number of hydrogen-bond donors (Lipinski definition) is 2. The van der Waals surface area contributed by atoms with Crippen molar-refractivity contribution < 1.29 is 0 Å². The van der Waals surface area contributed by atoms with Gasteiger partial charge in [0.2, 0.25) is 0 Å². The molecule has 0 spiro atoms. The molecule has 0 radical (unpaired) electrons. The predicted octanol–water partition coefficient (Wildman–Crippen LogP) is 3.00. The minimum Gasteiger partial charge on any atom is -0.373 e. The summed E-state index contributed by atoms with van der Waals surface area (Å²) in [6.07, 6.45) is 4.82. The fraction of sp³-hybridized carbons (Fsp3) is 0.692. The Morgan fingerprint density at radius 1 is 1.35 bits per heavy atom. The number of aromatic nitrogens is 2. The molecule has 0 aliphatic heterocycles. The summed E-state index contributed by atoms with van der Waals surface area (Å²) in [6, 6.07) is 2.45. The molecule has 1 aromatic rings. The summed E-state index contributed by atoms with van der Waals surface area (Å²) in [6.45, 7) is 4.40. The zero-order chi connectivity index (χ0) is 12.3. The van der Waals surface area contributed by atoms with Crippen LogP contribution in [0.2, 0.25) is 0 Å². The summed E-state index contributed by atoms with van der Waals surface area (Å²) in [4.78, 5) is 9.11. The van der Waals surface area contributed by atoms with E-state index in [4.69, 9.17) is 0 Å². The van der Waals surface area contributed by atoms with Crippen LogP contribution in [0.25, 0.3) is 0 Å².